The number of urea groups is 1. The molecule has 2 aliphatic rings. The molecule has 2 N–H and O–H groups in total. The molecule has 1 unspecified atom stereocenters. The van der Waals surface area contributed by atoms with E-state index in [1.165, 1.54) is 0 Å². The lowest BCUT2D eigenvalue weighted by Gasteiger charge is -2.36. The Hall–Kier alpha value is -1.79. The number of nitrogens with one attached hydrogen (secondary N) is 1. The van der Waals surface area contributed by atoms with Crippen molar-refractivity contribution in [2.75, 3.05) is 26.2 Å². The number of likely N-dealkylation sites (tertiary alicyclic amines) is 2. The maximum absolute atomic E-state index is 12.4. The average Bonchev–Trinajstić information content (AvgIpc) is 2.63. The third-order valence-corrected chi connectivity index (χ3v) is 5.53. The van der Waals surface area contributed by atoms with Crippen molar-refractivity contribution in [1.82, 2.24) is 15.1 Å². The summed E-state index contributed by atoms with van der Waals surface area (Å²) in [5.41, 5.74) is 0. The van der Waals surface area contributed by atoms with Crippen LogP contribution in [0.1, 0.15) is 52.4 Å². The normalized spacial score (nSPS) is 22.1. The molecule has 7 nitrogen and oxygen atoms in total. The fourth-order valence-corrected chi connectivity index (χ4v) is 3.77. The molecule has 0 saturated carbocycles. The second-order valence-corrected chi connectivity index (χ2v) is 7.19. The molecule has 2 rings (SSSR count). The smallest absolute Gasteiger partial charge is 0.317 e. The zero-order valence-corrected chi connectivity index (χ0v) is 15.4. The van der Waals surface area contributed by atoms with E-state index in [0.717, 1.165) is 32.1 Å². The Labute approximate surface area is 149 Å². The van der Waals surface area contributed by atoms with Gasteiger partial charge < -0.3 is 20.2 Å². The highest BCUT2D eigenvalue weighted by Crippen LogP contribution is 2.19. The first-order valence-electron chi connectivity index (χ1n) is 9.53. The minimum Gasteiger partial charge on any atom is -0.481 e. The lowest BCUT2D eigenvalue weighted by Crippen LogP contribution is -2.53. The van der Waals surface area contributed by atoms with E-state index in [1.54, 1.807) is 4.90 Å². The average molecular weight is 353 g/mol. The standard InChI is InChI=1S/C18H31N3O4/c1-3-13(4-2)16(22)20-10-7-15(8-11-20)19-18(25)21-9-5-6-14(12-21)17(23)24/h13-15H,3-12H2,1-2H3,(H,19,25)(H,23,24). The molecule has 1 atom stereocenters. The number of rotatable bonds is 5. The number of hydrogen-bond acceptors (Lipinski definition) is 3. The number of carboxylic acids is 1. The van der Waals surface area contributed by atoms with Gasteiger partial charge in [-0.3, -0.25) is 9.59 Å². The molecule has 142 valence electrons. The van der Waals surface area contributed by atoms with Gasteiger partial charge in [-0.15, -0.1) is 0 Å². The first-order valence-corrected chi connectivity index (χ1v) is 9.53. The van der Waals surface area contributed by atoms with Gasteiger partial charge in [0.15, 0.2) is 0 Å². The SMILES string of the molecule is CCC(CC)C(=O)N1CCC(NC(=O)N2CCCC(C(=O)O)C2)CC1. The van der Waals surface area contributed by atoms with Crippen LogP contribution in [0, 0.1) is 11.8 Å². The zero-order valence-electron chi connectivity index (χ0n) is 15.4. The van der Waals surface area contributed by atoms with E-state index < -0.39 is 11.9 Å². The van der Waals surface area contributed by atoms with Gasteiger partial charge in [0.25, 0.3) is 0 Å². The molecule has 0 aromatic heterocycles. The molecule has 0 aliphatic carbocycles. The largest absolute Gasteiger partial charge is 0.481 e. The summed E-state index contributed by atoms with van der Waals surface area (Å²) in [5, 5.41) is 12.2. The number of hydrogen-bond donors (Lipinski definition) is 2. The van der Waals surface area contributed by atoms with Gasteiger partial charge in [0.05, 0.1) is 5.92 Å². The van der Waals surface area contributed by atoms with Crippen LogP contribution in [0.25, 0.3) is 0 Å². The highest BCUT2D eigenvalue weighted by atomic mass is 16.4. The summed E-state index contributed by atoms with van der Waals surface area (Å²) in [4.78, 5) is 39.5. The topological polar surface area (TPSA) is 90.0 Å². The predicted molar refractivity (Wildman–Crippen MR) is 94.1 cm³/mol. The second kappa shape index (κ2) is 9.06. The van der Waals surface area contributed by atoms with E-state index in [9.17, 15) is 14.4 Å². The Balaban J connectivity index is 1.78. The molecule has 2 heterocycles. The lowest BCUT2D eigenvalue weighted by atomic mass is 9.98. The van der Waals surface area contributed by atoms with Gasteiger partial charge in [-0.05, 0) is 38.5 Å². The van der Waals surface area contributed by atoms with Crippen LogP contribution in [0.15, 0.2) is 0 Å². The Morgan fingerprint density at radius 2 is 1.68 bits per heavy atom. The van der Waals surface area contributed by atoms with E-state index in [0.29, 0.717) is 26.1 Å². The second-order valence-electron chi connectivity index (χ2n) is 7.19. The van der Waals surface area contributed by atoms with Crippen LogP contribution in [0.3, 0.4) is 0 Å². The Morgan fingerprint density at radius 1 is 1.04 bits per heavy atom. The first-order chi connectivity index (χ1) is 12.0. The number of carboxylic acid groups (broad SMARTS) is 1. The Kier molecular flexibility index (Phi) is 7.08. The highest BCUT2D eigenvalue weighted by Gasteiger charge is 2.31. The summed E-state index contributed by atoms with van der Waals surface area (Å²) < 4.78 is 0. The van der Waals surface area contributed by atoms with Gasteiger partial charge >= 0.3 is 12.0 Å². The van der Waals surface area contributed by atoms with Crippen molar-refractivity contribution in [3.63, 3.8) is 0 Å². The van der Waals surface area contributed by atoms with Crippen molar-refractivity contribution in [3.05, 3.63) is 0 Å². The van der Waals surface area contributed by atoms with Crippen LogP contribution < -0.4 is 5.32 Å². The Bertz CT molecular complexity index is 485. The summed E-state index contributed by atoms with van der Waals surface area (Å²) >= 11 is 0. The van der Waals surface area contributed by atoms with Crippen molar-refractivity contribution in [1.29, 1.82) is 0 Å². The minimum atomic E-state index is -0.828. The van der Waals surface area contributed by atoms with Crippen LogP contribution in [0.5, 0.6) is 0 Å². The van der Waals surface area contributed by atoms with E-state index in [-0.39, 0.29) is 30.4 Å². The van der Waals surface area contributed by atoms with Crippen molar-refractivity contribution < 1.29 is 19.5 Å². The van der Waals surface area contributed by atoms with E-state index in [1.807, 2.05) is 18.7 Å². The number of carbonyl (C=O) groups is 3. The molecule has 0 bridgehead atoms. The number of aliphatic carboxylic acids is 1. The molecule has 3 amide bonds. The number of piperidine rings is 2. The molecule has 2 aliphatic heterocycles. The molecule has 0 radical (unpaired) electrons. The first kappa shape index (κ1) is 19.5. The van der Waals surface area contributed by atoms with Crippen molar-refractivity contribution in [3.8, 4) is 0 Å². The van der Waals surface area contributed by atoms with Gasteiger partial charge in [0, 0.05) is 38.1 Å². The molecule has 2 fully saturated rings. The molecular weight excluding hydrogens is 322 g/mol. The molecular formula is C18H31N3O4. The quantitative estimate of drug-likeness (QED) is 0.790. The fraction of sp³-hybridized carbons (Fsp3) is 0.833. The van der Waals surface area contributed by atoms with Crippen molar-refractivity contribution in [2.24, 2.45) is 11.8 Å². The van der Waals surface area contributed by atoms with Crippen molar-refractivity contribution in [2.45, 2.75) is 58.4 Å². The maximum atomic E-state index is 12.4. The molecule has 0 spiro atoms. The molecule has 0 aromatic carbocycles. The highest BCUT2D eigenvalue weighted by molar-refractivity contribution is 5.79. The van der Waals surface area contributed by atoms with Gasteiger partial charge in [0.1, 0.15) is 0 Å². The monoisotopic (exact) mass is 353 g/mol. The van der Waals surface area contributed by atoms with E-state index in [2.05, 4.69) is 5.32 Å². The summed E-state index contributed by atoms with van der Waals surface area (Å²) in [6.07, 6.45) is 4.61. The van der Waals surface area contributed by atoms with Gasteiger partial charge in [-0.2, -0.15) is 0 Å². The van der Waals surface area contributed by atoms with Crippen LogP contribution >= 0.6 is 0 Å². The number of nitrogens with zero attached hydrogens (tertiary/aromatic N) is 2. The number of carbonyl (C=O) groups excluding carboxylic acids is 2. The van der Waals surface area contributed by atoms with Crippen LogP contribution in [0.4, 0.5) is 4.79 Å². The maximum Gasteiger partial charge on any atom is 0.317 e. The van der Waals surface area contributed by atoms with E-state index >= 15 is 0 Å². The lowest BCUT2D eigenvalue weighted by molar-refractivity contribution is -0.143. The summed E-state index contributed by atoms with van der Waals surface area (Å²) in [7, 11) is 0. The van der Waals surface area contributed by atoms with Crippen LogP contribution in [0.2, 0.25) is 0 Å². The summed E-state index contributed by atoms with van der Waals surface area (Å²) in [5.74, 6) is -0.952. The van der Waals surface area contributed by atoms with Crippen LogP contribution in [-0.2, 0) is 9.59 Å². The zero-order chi connectivity index (χ0) is 18.4. The minimum absolute atomic E-state index is 0.0588. The molecule has 2 saturated heterocycles. The third-order valence-electron chi connectivity index (χ3n) is 5.53. The summed E-state index contributed by atoms with van der Waals surface area (Å²) in [6.45, 7) is 6.34. The third kappa shape index (κ3) is 5.09. The number of amides is 3. The molecule has 0 aromatic rings. The van der Waals surface area contributed by atoms with Gasteiger partial charge in [-0.25, -0.2) is 4.79 Å². The van der Waals surface area contributed by atoms with Gasteiger partial charge in [0.2, 0.25) is 5.91 Å². The van der Waals surface area contributed by atoms with E-state index in [4.69, 9.17) is 5.11 Å². The predicted octanol–water partition coefficient (Wildman–Crippen LogP) is 1.92. The van der Waals surface area contributed by atoms with Gasteiger partial charge in [-0.1, -0.05) is 13.8 Å². The Morgan fingerprint density at radius 3 is 2.24 bits per heavy atom. The molecule has 7 heteroatoms. The molecule has 25 heavy (non-hydrogen) atoms. The fourth-order valence-electron chi connectivity index (χ4n) is 3.77. The van der Waals surface area contributed by atoms with Crippen LogP contribution in [-0.4, -0.2) is 65.0 Å². The van der Waals surface area contributed by atoms with Crippen molar-refractivity contribution >= 4 is 17.9 Å². The summed E-state index contributed by atoms with van der Waals surface area (Å²) in [6, 6.07) is -0.112.